The number of benzene rings is 1. The zero-order chi connectivity index (χ0) is 16.8. The highest BCUT2D eigenvalue weighted by atomic mass is 16.6. The summed E-state index contributed by atoms with van der Waals surface area (Å²) in [6.07, 6.45) is 0.965. The Balaban J connectivity index is 1.94. The Morgan fingerprint density at radius 3 is 2.74 bits per heavy atom. The Hall–Kier alpha value is -2.63. The molecule has 1 amide bonds. The van der Waals surface area contributed by atoms with Crippen molar-refractivity contribution in [3.05, 3.63) is 47.3 Å². The van der Waals surface area contributed by atoms with Crippen LogP contribution in [0.15, 0.2) is 34.9 Å². The third-order valence-corrected chi connectivity index (χ3v) is 3.54. The lowest BCUT2D eigenvalue weighted by molar-refractivity contribution is -0.119. The van der Waals surface area contributed by atoms with Gasteiger partial charge in [-0.05, 0) is 30.9 Å². The summed E-state index contributed by atoms with van der Waals surface area (Å²) in [5.41, 5.74) is 2.36. The number of amides is 1. The van der Waals surface area contributed by atoms with Gasteiger partial charge >= 0.3 is 5.97 Å². The van der Waals surface area contributed by atoms with Crippen LogP contribution in [0, 0.1) is 6.92 Å². The molecule has 0 spiro atoms. The second-order valence-electron chi connectivity index (χ2n) is 5.35. The molecule has 0 saturated heterocycles. The first-order valence-corrected chi connectivity index (χ1v) is 7.50. The van der Waals surface area contributed by atoms with Gasteiger partial charge in [-0.25, -0.2) is 4.79 Å². The van der Waals surface area contributed by atoms with E-state index in [4.69, 9.17) is 9.26 Å². The number of nitrogens with one attached hydrogen (secondary N) is 1. The molecule has 6 heteroatoms. The topological polar surface area (TPSA) is 81.4 Å². The van der Waals surface area contributed by atoms with Crippen molar-refractivity contribution in [3.63, 3.8) is 0 Å². The molecule has 1 atom stereocenters. The number of hydrogen-bond donors (Lipinski definition) is 1. The van der Waals surface area contributed by atoms with Crippen molar-refractivity contribution < 1.29 is 18.8 Å². The van der Waals surface area contributed by atoms with Crippen LogP contribution >= 0.6 is 0 Å². The molecule has 2 aromatic rings. The van der Waals surface area contributed by atoms with Gasteiger partial charge in [0.15, 0.2) is 6.61 Å². The molecule has 0 saturated carbocycles. The Morgan fingerprint density at radius 2 is 2.09 bits per heavy atom. The van der Waals surface area contributed by atoms with Gasteiger partial charge < -0.3 is 14.6 Å². The third kappa shape index (κ3) is 4.42. The highest BCUT2D eigenvalue weighted by Crippen LogP contribution is 2.26. The Kier molecular flexibility index (Phi) is 5.51. The van der Waals surface area contributed by atoms with Crippen LogP contribution in [0.5, 0.6) is 0 Å². The van der Waals surface area contributed by atoms with Crippen LogP contribution in [0.25, 0.3) is 0 Å². The highest BCUT2D eigenvalue weighted by molar-refractivity contribution is 5.95. The molecule has 0 radical (unpaired) electrons. The molecule has 0 aliphatic carbocycles. The molecule has 0 aliphatic heterocycles. The molecule has 23 heavy (non-hydrogen) atoms. The van der Waals surface area contributed by atoms with Gasteiger partial charge in [0.25, 0.3) is 5.91 Å². The maximum absolute atomic E-state index is 12.0. The first-order chi connectivity index (χ1) is 11.0. The van der Waals surface area contributed by atoms with E-state index >= 15 is 0 Å². The molecule has 1 aromatic heterocycles. The van der Waals surface area contributed by atoms with Crippen LogP contribution in [0.2, 0.25) is 0 Å². The third-order valence-electron chi connectivity index (χ3n) is 3.54. The number of aryl methyl sites for hydroxylation is 1. The predicted molar refractivity (Wildman–Crippen MR) is 85.3 cm³/mol. The summed E-state index contributed by atoms with van der Waals surface area (Å²) in [4.78, 5) is 23.7. The van der Waals surface area contributed by atoms with Gasteiger partial charge in [-0.15, -0.1) is 0 Å². The van der Waals surface area contributed by atoms with Crippen LogP contribution < -0.4 is 5.32 Å². The lowest BCUT2D eigenvalue weighted by Crippen LogP contribution is -2.21. The number of esters is 1. The summed E-state index contributed by atoms with van der Waals surface area (Å²) in [5.74, 6) is -0.803. The molecule has 1 heterocycles. The van der Waals surface area contributed by atoms with Crippen molar-refractivity contribution in [2.24, 2.45) is 0 Å². The molecule has 6 nitrogen and oxygen atoms in total. The maximum Gasteiger partial charge on any atom is 0.377 e. The van der Waals surface area contributed by atoms with Crippen LogP contribution in [0.4, 0.5) is 5.69 Å². The van der Waals surface area contributed by atoms with E-state index in [9.17, 15) is 9.59 Å². The number of carbonyl (C=O) groups excluding carboxylic acids is 2. The standard InChI is InChI=1S/C17H20N2O4/c1-4-11(2)13-7-5-6-8-14(13)18-16(20)10-22-17(21)15-9-12(3)19-23-15/h5-9,11H,4,10H2,1-3H3,(H,18,20)/t11-/m1/s1. The lowest BCUT2D eigenvalue weighted by atomic mass is 9.97. The zero-order valence-corrected chi connectivity index (χ0v) is 13.5. The van der Waals surface area contributed by atoms with Gasteiger partial charge in [0.05, 0.1) is 5.69 Å². The molecular formula is C17H20N2O4. The molecule has 0 aliphatic rings. The second-order valence-corrected chi connectivity index (χ2v) is 5.35. The van der Waals surface area contributed by atoms with Gasteiger partial charge in [0.2, 0.25) is 5.76 Å². The van der Waals surface area contributed by atoms with Crippen molar-refractivity contribution in [2.75, 3.05) is 11.9 Å². The number of aromatic nitrogens is 1. The van der Waals surface area contributed by atoms with Crippen molar-refractivity contribution >= 4 is 17.6 Å². The number of anilines is 1. The second kappa shape index (κ2) is 7.58. The van der Waals surface area contributed by atoms with E-state index in [1.807, 2.05) is 24.3 Å². The van der Waals surface area contributed by atoms with E-state index in [0.29, 0.717) is 11.6 Å². The van der Waals surface area contributed by atoms with Crippen LogP contribution in [0.3, 0.4) is 0 Å². The highest BCUT2D eigenvalue weighted by Gasteiger charge is 2.16. The summed E-state index contributed by atoms with van der Waals surface area (Å²) in [5, 5.41) is 6.37. The van der Waals surface area contributed by atoms with Gasteiger partial charge in [0.1, 0.15) is 0 Å². The van der Waals surface area contributed by atoms with E-state index < -0.39 is 11.9 Å². The van der Waals surface area contributed by atoms with Gasteiger partial charge in [0, 0.05) is 11.8 Å². The SMILES string of the molecule is CC[C@@H](C)c1ccccc1NC(=O)COC(=O)c1cc(C)no1. The van der Waals surface area contributed by atoms with Crippen molar-refractivity contribution in [3.8, 4) is 0 Å². The van der Waals surface area contributed by atoms with E-state index in [2.05, 4.69) is 24.3 Å². The minimum absolute atomic E-state index is 0.0182. The number of ether oxygens (including phenoxy) is 1. The minimum Gasteiger partial charge on any atom is -0.450 e. The van der Waals surface area contributed by atoms with Gasteiger partial charge in [-0.3, -0.25) is 4.79 Å². The Bertz CT molecular complexity index is 693. The monoisotopic (exact) mass is 316 g/mol. The summed E-state index contributed by atoms with van der Waals surface area (Å²) in [6.45, 7) is 5.49. The van der Waals surface area contributed by atoms with E-state index in [-0.39, 0.29) is 12.4 Å². The molecular weight excluding hydrogens is 296 g/mol. The fraction of sp³-hybridized carbons (Fsp3) is 0.353. The van der Waals surface area contributed by atoms with Crippen molar-refractivity contribution in [1.29, 1.82) is 0 Å². The van der Waals surface area contributed by atoms with E-state index in [1.54, 1.807) is 6.92 Å². The number of carbonyl (C=O) groups is 2. The summed E-state index contributed by atoms with van der Waals surface area (Å²) in [7, 11) is 0. The van der Waals surface area contributed by atoms with Gasteiger partial charge in [-0.2, -0.15) is 0 Å². The quantitative estimate of drug-likeness (QED) is 0.827. The fourth-order valence-electron chi connectivity index (χ4n) is 2.11. The molecule has 0 bridgehead atoms. The van der Waals surface area contributed by atoms with E-state index in [0.717, 1.165) is 17.7 Å². The number of para-hydroxylation sites is 1. The molecule has 1 N–H and O–H groups in total. The largest absolute Gasteiger partial charge is 0.450 e. The first-order valence-electron chi connectivity index (χ1n) is 7.50. The molecule has 1 aromatic carbocycles. The first kappa shape index (κ1) is 16.7. The average Bonchev–Trinajstić information content (AvgIpc) is 2.99. The molecule has 0 fully saturated rings. The normalized spacial score (nSPS) is 11.8. The maximum atomic E-state index is 12.0. The van der Waals surface area contributed by atoms with Crippen LogP contribution in [0.1, 0.15) is 48.0 Å². The zero-order valence-electron chi connectivity index (χ0n) is 13.5. The summed E-state index contributed by atoms with van der Waals surface area (Å²) < 4.78 is 9.70. The molecule has 0 unspecified atom stereocenters. The van der Waals surface area contributed by atoms with Crippen LogP contribution in [-0.2, 0) is 9.53 Å². The number of hydrogen-bond acceptors (Lipinski definition) is 5. The van der Waals surface area contributed by atoms with E-state index in [1.165, 1.54) is 6.07 Å². The van der Waals surface area contributed by atoms with Crippen molar-refractivity contribution in [1.82, 2.24) is 5.16 Å². The average molecular weight is 316 g/mol. The van der Waals surface area contributed by atoms with Crippen LogP contribution in [-0.4, -0.2) is 23.6 Å². The number of nitrogens with zero attached hydrogens (tertiary/aromatic N) is 1. The van der Waals surface area contributed by atoms with Crippen molar-refractivity contribution in [2.45, 2.75) is 33.1 Å². The predicted octanol–water partition coefficient (Wildman–Crippen LogP) is 3.29. The fourth-order valence-corrected chi connectivity index (χ4v) is 2.11. The molecule has 122 valence electrons. The summed E-state index contributed by atoms with van der Waals surface area (Å²) >= 11 is 0. The smallest absolute Gasteiger partial charge is 0.377 e. The lowest BCUT2D eigenvalue weighted by Gasteiger charge is -2.15. The Morgan fingerprint density at radius 1 is 1.35 bits per heavy atom. The molecule has 2 rings (SSSR count). The van der Waals surface area contributed by atoms with Gasteiger partial charge in [-0.1, -0.05) is 37.2 Å². The minimum atomic E-state index is -0.712. The number of rotatable bonds is 6. The summed E-state index contributed by atoms with van der Waals surface area (Å²) in [6, 6.07) is 9.06. The Labute approximate surface area is 134 Å².